The van der Waals surface area contributed by atoms with Crippen molar-refractivity contribution >= 4 is 87.6 Å². The molecule has 14 rings (SSSR count). The number of para-hydroxylation sites is 3. The van der Waals surface area contributed by atoms with E-state index in [1.807, 2.05) is 0 Å². The average Bonchev–Trinajstić information content (AvgIpc) is 4.01. The third kappa shape index (κ3) is 5.29. The van der Waals surface area contributed by atoms with Crippen molar-refractivity contribution in [2.24, 2.45) is 5.41 Å². The molecule has 0 unspecified atom stereocenters. The average molecular weight is 827 g/mol. The first-order valence-electron chi connectivity index (χ1n) is 22.7. The Balaban J connectivity index is 0.871. The van der Waals surface area contributed by atoms with E-state index in [0.717, 1.165) is 5.69 Å². The summed E-state index contributed by atoms with van der Waals surface area (Å²) in [6.45, 7) is 4.67. The second-order valence-corrected chi connectivity index (χ2v) is 18.6. The molecule has 304 valence electrons. The van der Waals surface area contributed by atoms with E-state index < -0.39 is 0 Å². The minimum atomic E-state index is -0.0174. The number of rotatable bonds is 4. The Morgan fingerprint density at radius 3 is 1.46 bits per heavy atom. The number of hydrogen-bond acceptors (Lipinski definition) is 0. The van der Waals surface area contributed by atoms with Gasteiger partial charge in [0, 0.05) is 38.3 Å². The van der Waals surface area contributed by atoms with E-state index in [9.17, 15) is 0 Å². The summed E-state index contributed by atoms with van der Waals surface area (Å²) >= 11 is 0. The summed E-state index contributed by atoms with van der Waals surface area (Å²) in [5, 5.41) is 15.5. The Morgan fingerprint density at radius 2 is 0.815 bits per heavy atom. The molecule has 2 heterocycles. The number of allylic oxidation sites excluding steroid dienone is 4. The summed E-state index contributed by atoms with van der Waals surface area (Å²) in [5.41, 5.74) is 14.8. The van der Waals surface area contributed by atoms with Crippen molar-refractivity contribution in [1.29, 1.82) is 0 Å². The number of aromatic nitrogens is 2. The number of nitrogens with zero attached hydrogens (tertiary/aromatic N) is 2. The zero-order chi connectivity index (χ0) is 43.0. The van der Waals surface area contributed by atoms with E-state index >= 15 is 0 Å². The van der Waals surface area contributed by atoms with Crippen molar-refractivity contribution in [1.82, 2.24) is 9.13 Å². The molecule has 0 saturated carbocycles. The quantitative estimate of drug-likeness (QED) is 0.156. The van der Waals surface area contributed by atoms with Gasteiger partial charge in [0.1, 0.15) is 0 Å². The number of hydrogen-bond donors (Lipinski definition) is 0. The highest BCUT2D eigenvalue weighted by molar-refractivity contribution is 6.26. The first-order valence-corrected chi connectivity index (χ1v) is 22.7. The largest absolute Gasteiger partial charge is 0.309 e. The molecule has 0 saturated heterocycles. The first-order chi connectivity index (χ1) is 32.0. The van der Waals surface area contributed by atoms with Gasteiger partial charge in [-0.1, -0.05) is 147 Å². The third-order valence-electron chi connectivity index (χ3n) is 14.5. The van der Waals surface area contributed by atoms with Crippen LogP contribution < -0.4 is 10.4 Å². The molecule has 0 fully saturated rings. The molecule has 2 heteroatoms. The SMILES string of the molecule is CC1(C)C=CC=C2C=c3cc4c5ccccc5c5cc(-c6ccc(-n7c8ccccc8c8cc(-c9ccc%10c(c9)c9ccccc9n%10-c9ccccc9)ccc87)cc6)ccc5c4cc3=C21. The summed E-state index contributed by atoms with van der Waals surface area (Å²) in [6, 6.07) is 72.3. The number of fused-ring (bicyclic) bond motifs is 14. The van der Waals surface area contributed by atoms with Gasteiger partial charge in [-0.2, -0.15) is 0 Å². The fourth-order valence-corrected chi connectivity index (χ4v) is 11.5. The van der Waals surface area contributed by atoms with Crippen LogP contribution in [-0.4, -0.2) is 9.13 Å². The molecule has 0 radical (unpaired) electrons. The summed E-state index contributed by atoms with van der Waals surface area (Å²) in [7, 11) is 0. The second kappa shape index (κ2) is 13.4. The lowest BCUT2D eigenvalue weighted by Crippen LogP contribution is -2.27. The third-order valence-corrected chi connectivity index (χ3v) is 14.5. The van der Waals surface area contributed by atoms with Crippen LogP contribution in [0, 0.1) is 5.41 Å². The van der Waals surface area contributed by atoms with Gasteiger partial charge in [0.25, 0.3) is 0 Å². The molecule has 10 aromatic carbocycles. The predicted molar refractivity (Wildman–Crippen MR) is 277 cm³/mol. The molecule has 0 spiro atoms. The Hall–Kier alpha value is -8.20. The minimum Gasteiger partial charge on any atom is -0.309 e. The van der Waals surface area contributed by atoms with Crippen LogP contribution in [0.15, 0.2) is 218 Å². The van der Waals surface area contributed by atoms with Crippen LogP contribution in [0.3, 0.4) is 0 Å². The summed E-state index contributed by atoms with van der Waals surface area (Å²) in [6.07, 6.45) is 9.20. The molecular formula is C63H42N2. The highest BCUT2D eigenvalue weighted by Gasteiger charge is 2.28. The summed E-state index contributed by atoms with van der Waals surface area (Å²) in [4.78, 5) is 0. The fourth-order valence-electron chi connectivity index (χ4n) is 11.5. The molecule has 0 bridgehead atoms. The zero-order valence-electron chi connectivity index (χ0n) is 36.2. The summed E-state index contributed by atoms with van der Waals surface area (Å²) < 4.78 is 4.80. The smallest absolute Gasteiger partial charge is 0.0541 e. The van der Waals surface area contributed by atoms with Crippen molar-refractivity contribution < 1.29 is 0 Å². The molecule has 0 aliphatic heterocycles. The molecule has 0 amide bonds. The maximum Gasteiger partial charge on any atom is 0.0541 e. The van der Waals surface area contributed by atoms with Gasteiger partial charge in [-0.25, -0.2) is 0 Å². The van der Waals surface area contributed by atoms with Crippen LogP contribution in [0.4, 0.5) is 0 Å². The van der Waals surface area contributed by atoms with Crippen LogP contribution >= 0.6 is 0 Å². The second-order valence-electron chi connectivity index (χ2n) is 18.6. The lowest BCUT2D eigenvalue weighted by atomic mass is 9.77. The molecule has 65 heavy (non-hydrogen) atoms. The van der Waals surface area contributed by atoms with E-state index in [4.69, 9.17) is 0 Å². The molecule has 12 aromatic rings. The standard InChI is InChI=1S/C63H42N2/c1-63(2)32-12-13-43-33-44-37-54-48-17-7-6-16-47(48)53-34-40(24-29-49(53)55(54)38-52(44)62(43)63)39-22-27-46(28-23-39)65-59-21-11-9-19-51(59)57-36-42(26-31-61(57)65)41-25-30-60-56(35-41)50-18-8-10-20-58(50)64(60)45-14-4-3-5-15-45/h3-38H,1-2H3. The highest BCUT2D eigenvalue weighted by atomic mass is 15.0. The van der Waals surface area contributed by atoms with Gasteiger partial charge in [-0.05, 0) is 161 Å². The van der Waals surface area contributed by atoms with E-state index in [2.05, 4.69) is 241 Å². The van der Waals surface area contributed by atoms with Gasteiger partial charge in [-0.3, -0.25) is 0 Å². The molecule has 2 aliphatic rings. The van der Waals surface area contributed by atoms with Crippen LogP contribution in [-0.2, 0) is 0 Å². The van der Waals surface area contributed by atoms with Crippen LogP contribution in [0.5, 0.6) is 0 Å². The monoisotopic (exact) mass is 826 g/mol. The lowest BCUT2D eigenvalue weighted by molar-refractivity contribution is 0.644. The Labute approximate surface area is 376 Å². The van der Waals surface area contributed by atoms with E-state index in [-0.39, 0.29) is 5.41 Å². The minimum absolute atomic E-state index is 0.0174. The van der Waals surface area contributed by atoms with Crippen molar-refractivity contribution in [3.05, 3.63) is 228 Å². The topological polar surface area (TPSA) is 9.86 Å². The van der Waals surface area contributed by atoms with Crippen molar-refractivity contribution in [2.75, 3.05) is 0 Å². The maximum absolute atomic E-state index is 2.47. The Morgan fingerprint density at radius 1 is 0.354 bits per heavy atom. The summed E-state index contributed by atoms with van der Waals surface area (Å²) in [5.74, 6) is 0. The molecule has 2 aromatic heterocycles. The van der Waals surface area contributed by atoms with Gasteiger partial charge in [0.15, 0.2) is 0 Å². The van der Waals surface area contributed by atoms with Gasteiger partial charge < -0.3 is 9.13 Å². The molecule has 0 N–H and O–H groups in total. The predicted octanol–water partition coefficient (Wildman–Crippen LogP) is 15.1. The van der Waals surface area contributed by atoms with Crippen molar-refractivity contribution in [3.8, 4) is 33.6 Å². The van der Waals surface area contributed by atoms with Gasteiger partial charge in [0.2, 0.25) is 0 Å². The Bertz CT molecular complexity index is 4230. The van der Waals surface area contributed by atoms with Crippen molar-refractivity contribution in [2.45, 2.75) is 13.8 Å². The molecule has 0 atom stereocenters. The normalized spacial score (nSPS) is 14.2. The van der Waals surface area contributed by atoms with E-state index in [1.165, 1.54) is 125 Å². The molecular weight excluding hydrogens is 785 g/mol. The van der Waals surface area contributed by atoms with E-state index in [0.29, 0.717) is 0 Å². The van der Waals surface area contributed by atoms with Crippen LogP contribution in [0.25, 0.3) is 121 Å². The lowest BCUT2D eigenvalue weighted by Gasteiger charge is -2.26. The van der Waals surface area contributed by atoms with Crippen LogP contribution in [0.1, 0.15) is 13.8 Å². The van der Waals surface area contributed by atoms with Gasteiger partial charge >= 0.3 is 0 Å². The van der Waals surface area contributed by atoms with Crippen molar-refractivity contribution in [3.63, 3.8) is 0 Å². The van der Waals surface area contributed by atoms with Gasteiger partial charge in [-0.15, -0.1) is 0 Å². The maximum atomic E-state index is 2.47. The Kier molecular flexibility index (Phi) is 7.49. The molecule has 2 nitrogen and oxygen atoms in total. The fraction of sp³-hybridized carbons (Fsp3) is 0.0476. The number of benzene rings is 10. The first kappa shape index (κ1) is 36.3. The zero-order valence-corrected chi connectivity index (χ0v) is 36.2. The molecule has 2 aliphatic carbocycles. The highest BCUT2D eigenvalue weighted by Crippen LogP contribution is 2.42. The van der Waals surface area contributed by atoms with Gasteiger partial charge in [0.05, 0.1) is 22.1 Å². The van der Waals surface area contributed by atoms with E-state index in [1.54, 1.807) is 0 Å². The van der Waals surface area contributed by atoms with Crippen LogP contribution in [0.2, 0.25) is 0 Å².